The van der Waals surface area contributed by atoms with Gasteiger partial charge in [-0.15, -0.1) is 0 Å². The zero-order valence-electron chi connectivity index (χ0n) is 4.31. The molecule has 0 radical (unpaired) electrons. The van der Waals surface area contributed by atoms with Crippen molar-refractivity contribution in [1.29, 1.82) is 0 Å². The normalized spacial score (nSPS) is 31.3. The van der Waals surface area contributed by atoms with Crippen LogP contribution < -0.4 is 5.48 Å². The summed E-state index contributed by atoms with van der Waals surface area (Å²) < 4.78 is 4.83. The fourth-order valence-electron chi connectivity index (χ4n) is 0.554. The van der Waals surface area contributed by atoms with Crippen LogP contribution in [0.2, 0.25) is 0 Å². The molecule has 1 unspecified atom stereocenters. The Balaban J connectivity index is 2.14. The SMILES string of the molecule is COC1CCNO1. The first-order chi connectivity index (χ1) is 3.43. The second-order valence-corrected chi connectivity index (χ2v) is 1.47. The molecule has 0 aliphatic carbocycles. The van der Waals surface area contributed by atoms with Crippen molar-refractivity contribution in [3.05, 3.63) is 0 Å². The lowest BCUT2D eigenvalue weighted by molar-refractivity contribution is -0.123. The Morgan fingerprint density at radius 1 is 1.86 bits per heavy atom. The Bertz CT molecular complexity index is 51.7. The first kappa shape index (κ1) is 5.03. The highest BCUT2D eigenvalue weighted by atomic mass is 16.8. The van der Waals surface area contributed by atoms with Gasteiger partial charge in [-0.3, -0.25) is 4.84 Å². The molecule has 42 valence electrons. The van der Waals surface area contributed by atoms with Gasteiger partial charge in [0.2, 0.25) is 0 Å². The molecule has 0 aromatic rings. The van der Waals surface area contributed by atoms with E-state index in [9.17, 15) is 0 Å². The standard InChI is InChI=1S/C4H9NO2/c1-6-4-2-3-5-7-4/h4-5H,2-3H2,1H3. The van der Waals surface area contributed by atoms with Gasteiger partial charge in [0.05, 0.1) is 0 Å². The van der Waals surface area contributed by atoms with Gasteiger partial charge in [0.25, 0.3) is 0 Å². The molecule has 1 aliphatic heterocycles. The molecule has 1 rings (SSSR count). The summed E-state index contributed by atoms with van der Waals surface area (Å²) in [7, 11) is 1.64. The van der Waals surface area contributed by atoms with Crippen LogP contribution in [-0.2, 0) is 9.57 Å². The van der Waals surface area contributed by atoms with Crippen LogP contribution in [0.25, 0.3) is 0 Å². The number of ether oxygens (including phenoxy) is 1. The third-order valence-corrected chi connectivity index (χ3v) is 0.960. The van der Waals surface area contributed by atoms with Gasteiger partial charge in [-0.1, -0.05) is 0 Å². The molecule has 1 saturated heterocycles. The molecule has 7 heavy (non-hydrogen) atoms. The van der Waals surface area contributed by atoms with E-state index in [1.165, 1.54) is 0 Å². The van der Waals surface area contributed by atoms with E-state index in [1.807, 2.05) is 0 Å². The van der Waals surface area contributed by atoms with Crippen molar-refractivity contribution in [3.63, 3.8) is 0 Å². The van der Waals surface area contributed by atoms with Crippen molar-refractivity contribution in [2.45, 2.75) is 12.7 Å². The number of hydrogen-bond donors (Lipinski definition) is 1. The highest BCUT2D eigenvalue weighted by Crippen LogP contribution is 2.01. The Kier molecular flexibility index (Phi) is 1.62. The van der Waals surface area contributed by atoms with Gasteiger partial charge in [-0.05, 0) is 0 Å². The average Bonchev–Trinajstić information content (AvgIpc) is 2.14. The van der Waals surface area contributed by atoms with Gasteiger partial charge in [0.15, 0.2) is 6.29 Å². The zero-order chi connectivity index (χ0) is 5.11. The van der Waals surface area contributed by atoms with Crippen LogP contribution in [0.4, 0.5) is 0 Å². The number of rotatable bonds is 1. The van der Waals surface area contributed by atoms with E-state index < -0.39 is 0 Å². The number of nitrogens with one attached hydrogen (secondary N) is 1. The van der Waals surface area contributed by atoms with Crippen molar-refractivity contribution >= 4 is 0 Å². The van der Waals surface area contributed by atoms with Crippen molar-refractivity contribution in [1.82, 2.24) is 5.48 Å². The van der Waals surface area contributed by atoms with Crippen LogP contribution in [0, 0.1) is 0 Å². The highest BCUT2D eigenvalue weighted by Gasteiger charge is 2.12. The largest absolute Gasteiger partial charge is 0.354 e. The van der Waals surface area contributed by atoms with Crippen LogP contribution in [0.1, 0.15) is 6.42 Å². The first-order valence-electron chi connectivity index (χ1n) is 2.35. The number of hydrogen-bond acceptors (Lipinski definition) is 3. The summed E-state index contributed by atoms with van der Waals surface area (Å²) >= 11 is 0. The van der Waals surface area contributed by atoms with Crippen molar-refractivity contribution in [2.75, 3.05) is 13.7 Å². The lowest BCUT2D eigenvalue weighted by Crippen LogP contribution is -2.10. The molecule has 1 heterocycles. The summed E-state index contributed by atoms with van der Waals surface area (Å²) in [5.41, 5.74) is 2.70. The Morgan fingerprint density at radius 3 is 3.00 bits per heavy atom. The van der Waals surface area contributed by atoms with Gasteiger partial charge in [-0.25, -0.2) is 0 Å². The average molecular weight is 103 g/mol. The Hall–Kier alpha value is -0.120. The third-order valence-electron chi connectivity index (χ3n) is 0.960. The Morgan fingerprint density at radius 2 is 2.71 bits per heavy atom. The second kappa shape index (κ2) is 2.26. The van der Waals surface area contributed by atoms with Gasteiger partial charge in [0.1, 0.15) is 0 Å². The smallest absolute Gasteiger partial charge is 0.178 e. The molecule has 3 heteroatoms. The summed E-state index contributed by atoms with van der Waals surface area (Å²) in [5, 5.41) is 0. The van der Waals surface area contributed by atoms with E-state index in [-0.39, 0.29) is 6.29 Å². The molecule has 0 bridgehead atoms. The molecule has 1 N–H and O–H groups in total. The van der Waals surface area contributed by atoms with Gasteiger partial charge in [-0.2, -0.15) is 5.48 Å². The van der Waals surface area contributed by atoms with Crippen molar-refractivity contribution in [2.24, 2.45) is 0 Å². The molecule has 1 atom stereocenters. The van der Waals surface area contributed by atoms with Crippen LogP contribution in [0.3, 0.4) is 0 Å². The van der Waals surface area contributed by atoms with E-state index >= 15 is 0 Å². The maximum Gasteiger partial charge on any atom is 0.178 e. The molecule has 0 amide bonds. The highest BCUT2D eigenvalue weighted by molar-refractivity contribution is 4.49. The van der Waals surface area contributed by atoms with Crippen LogP contribution in [0.5, 0.6) is 0 Å². The van der Waals surface area contributed by atoms with Crippen molar-refractivity contribution in [3.8, 4) is 0 Å². The maximum absolute atomic E-state index is 4.83. The van der Waals surface area contributed by atoms with Gasteiger partial charge >= 0.3 is 0 Å². The quantitative estimate of drug-likeness (QED) is 0.502. The van der Waals surface area contributed by atoms with Crippen LogP contribution >= 0.6 is 0 Å². The number of hydroxylamine groups is 1. The molecule has 0 aromatic carbocycles. The molecular formula is C4H9NO2. The predicted octanol–water partition coefficient (Wildman–Crippen LogP) is -0.116. The first-order valence-corrected chi connectivity index (χ1v) is 2.35. The molecule has 1 aliphatic rings. The topological polar surface area (TPSA) is 30.5 Å². The maximum atomic E-state index is 4.83. The molecule has 0 spiro atoms. The fraction of sp³-hybridized carbons (Fsp3) is 1.00. The lowest BCUT2D eigenvalue weighted by atomic mass is 10.4. The molecule has 0 saturated carbocycles. The molecular weight excluding hydrogens is 94.0 g/mol. The summed E-state index contributed by atoms with van der Waals surface area (Å²) in [5.74, 6) is 0. The third kappa shape index (κ3) is 1.12. The van der Waals surface area contributed by atoms with Crippen LogP contribution in [-0.4, -0.2) is 19.9 Å². The number of methoxy groups -OCH3 is 1. The summed E-state index contributed by atoms with van der Waals surface area (Å²) in [6.07, 6.45) is 0.941. The molecule has 0 aromatic heterocycles. The molecule has 3 nitrogen and oxygen atoms in total. The minimum Gasteiger partial charge on any atom is -0.354 e. The molecule has 1 fully saturated rings. The predicted molar refractivity (Wildman–Crippen MR) is 24.5 cm³/mol. The summed E-state index contributed by atoms with van der Waals surface area (Å²) in [6.45, 7) is 0.901. The summed E-state index contributed by atoms with van der Waals surface area (Å²) in [4.78, 5) is 4.83. The lowest BCUT2D eigenvalue weighted by Gasteiger charge is -2.01. The van der Waals surface area contributed by atoms with Gasteiger partial charge in [0, 0.05) is 20.1 Å². The minimum absolute atomic E-state index is 0.0139. The van der Waals surface area contributed by atoms with E-state index in [1.54, 1.807) is 7.11 Å². The van der Waals surface area contributed by atoms with Crippen LogP contribution in [0.15, 0.2) is 0 Å². The monoisotopic (exact) mass is 103 g/mol. The zero-order valence-corrected chi connectivity index (χ0v) is 4.31. The van der Waals surface area contributed by atoms with Crippen molar-refractivity contribution < 1.29 is 9.57 Å². The van der Waals surface area contributed by atoms with E-state index in [4.69, 9.17) is 9.57 Å². The van der Waals surface area contributed by atoms with Gasteiger partial charge < -0.3 is 4.74 Å². The second-order valence-electron chi connectivity index (χ2n) is 1.47. The Labute approximate surface area is 42.6 Å². The van der Waals surface area contributed by atoms with E-state index in [0.29, 0.717) is 0 Å². The van der Waals surface area contributed by atoms with E-state index in [2.05, 4.69) is 5.48 Å². The minimum atomic E-state index is -0.0139. The van der Waals surface area contributed by atoms with E-state index in [0.717, 1.165) is 13.0 Å². The summed E-state index contributed by atoms with van der Waals surface area (Å²) in [6, 6.07) is 0. The fourth-order valence-corrected chi connectivity index (χ4v) is 0.554.